The van der Waals surface area contributed by atoms with E-state index in [4.69, 9.17) is 5.73 Å². The number of nitro benzene ring substituents is 1. The SMILES string of the molecule is NCC12CC(CN1S(=O)(=O)c1ccccc1[N+](=O)[O-])C2. The van der Waals surface area contributed by atoms with Crippen molar-refractivity contribution in [3.63, 3.8) is 0 Å². The monoisotopic (exact) mass is 297 g/mol. The Balaban J connectivity index is 2.08. The second kappa shape index (κ2) is 4.24. The third-order valence-corrected chi connectivity index (χ3v) is 6.32. The molecule has 3 aliphatic rings. The summed E-state index contributed by atoms with van der Waals surface area (Å²) in [5.41, 5.74) is 4.81. The van der Waals surface area contributed by atoms with E-state index in [0.29, 0.717) is 12.5 Å². The van der Waals surface area contributed by atoms with Crippen LogP contribution >= 0.6 is 0 Å². The molecular weight excluding hydrogens is 282 g/mol. The van der Waals surface area contributed by atoms with Crippen LogP contribution in [0, 0.1) is 16.0 Å². The lowest BCUT2D eigenvalue weighted by Gasteiger charge is -2.40. The predicted octanol–water partition coefficient (Wildman–Crippen LogP) is 0.707. The molecule has 0 aromatic heterocycles. The number of hydrogen-bond donors (Lipinski definition) is 1. The number of benzene rings is 1. The molecule has 3 fully saturated rings. The number of nitro groups is 1. The molecule has 0 unspecified atom stereocenters. The van der Waals surface area contributed by atoms with Crippen molar-refractivity contribution in [3.8, 4) is 0 Å². The number of para-hydroxylation sites is 1. The van der Waals surface area contributed by atoms with Crippen LogP contribution in [0.2, 0.25) is 0 Å². The zero-order chi connectivity index (χ0) is 14.5. The standard InChI is InChI=1S/C12H15N3O4S/c13-8-12-5-9(6-12)7-14(12)20(18,19)11-4-2-1-3-10(11)15(16)17/h1-4,9H,5-8,13H2. The van der Waals surface area contributed by atoms with Gasteiger partial charge in [0.2, 0.25) is 10.0 Å². The van der Waals surface area contributed by atoms with E-state index in [1.165, 1.54) is 28.6 Å². The molecule has 7 nitrogen and oxygen atoms in total. The summed E-state index contributed by atoms with van der Waals surface area (Å²) in [5.74, 6) is 0.330. The van der Waals surface area contributed by atoms with Gasteiger partial charge in [-0.05, 0) is 24.8 Å². The molecule has 20 heavy (non-hydrogen) atoms. The number of sulfonamides is 1. The smallest absolute Gasteiger partial charge is 0.289 e. The molecule has 2 heterocycles. The normalized spacial score (nSPS) is 29.1. The van der Waals surface area contributed by atoms with Gasteiger partial charge in [0.25, 0.3) is 5.69 Å². The summed E-state index contributed by atoms with van der Waals surface area (Å²) < 4.78 is 26.8. The van der Waals surface area contributed by atoms with Crippen LogP contribution in [0.1, 0.15) is 12.8 Å². The Hall–Kier alpha value is -1.51. The van der Waals surface area contributed by atoms with Crippen molar-refractivity contribution >= 4 is 15.7 Å². The highest BCUT2D eigenvalue weighted by molar-refractivity contribution is 7.89. The number of rotatable bonds is 4. The fourth-order valence-corrected chi connectivity index (χ4v) is 5.38. The van der Waals surface area contributed by atoms with Gasteiger partial charge in [0, 0.05) is 24.7 Å². The van der Waals surface area contributed by atoms with Crippen LogP contribution in [0.5, 0.6) is 0 Å². The average molecular weight is 297 g/mol. The van der Waals surface area contributed by atoms with E-state index in [9.17, 15) is 18.5 Å². The van der Waals surface area contributed by atoms with E-state index in [1.807, 2.05) is 0 Å². The Labute approximate surface area is 116 Å². The van der Waals surface area contributed by atoms with Crippen molar-refractivity contribution in [2.75, 3.05) is 13.1 Å². The van der Waals surface area contributed by atoms with E-state index in [0.717, 1.165) is 12.8 Å². The van der Waals surface area contributed by atoms with Gasteiger partial charge in [-0.25, -0.2) is 8.42 Å². The minimum absolute atomic E-state index is 0.245. The summed E-state index contributed by atoms with van der Waals surface area (Å²) in [6.07, 6.45) is 1.51. The Bertz CT molecular complexity index is 667. The Morgan fingerprint density at radius 1 is 1.40 bits per heavy atom. The summed E-state index contributed by atoms with van der Waals surface area (Å²) >= 11 is 0. The van der Waals surface area contributed by atoms with Crippen molar-refractivity contribution in [2.45, 2.75) is 23.3 Å². The highest BCUT2D eigenvalue weighted by Gasteiger charge is 2.60. The van der Waals surface area contributed by atoms with Gasteiger partial charge in [-0.1, -0.05) is 12.1 Å². The second-order valence-corrected chi connectivity index (χ2v) is 7.29. The van der Waals surface area contributed by atoms with E-state index in [1.54, 1.807) is 0 Å². The molecular formula is C12H15N3O4S. The molecule has 1 aliphatic carbocycles. The van der Waals surface area contributed by atoms with Crippen molar-refractivity contribution in [1.29, 1.82) is 0 Å². The van der Waals surface area contributed by atoms with Crippen molar-refractivity contribution < 1.29 is 13.3 Å². The van der Waals surface area contributed by atoms with E-state index >= 15 is 0 Å². The van der Waals surface area contributed by atoms with Gasteiger partial charge in [-0.2, -0.15) is 4.31 Å². The van der Waals surface area contributed by atoms with Gasteiger partial charge >= 0.3 is 0 Å². The van der Waals surface area contributed by atoms with Gasteiger partial charge < -0.3 is 5.73 Å². The highest BCUT2D eigenvalue weighted by Crippen LogP contribution is 2.52. The lowest BCUT2D eigenvalue weighted by molar-refractivity contribution is -0.387. The molecule has 2 N–H and O–H groups in total. The number of fused-ring (bicyclic) bond motifs is 1. The zero-order valence-electron chi connectivity index (χ0n) is 10.7. The molecule has 8 heteroatoms. The van der Waals surface area contributed by atoms with Crippen LogP contribution in [-0.2, 0) is 10.0 Å². The summed E-state index contributed by atoms with van der Waals surface area (Å²) in [4.78, 5) is 10.1. The lowest BCUT2D eigenvalue weighted by Crippen LogP contribution is -2.53. The summed E-state index contributed by atoms with van der Waals surface area (Å²) in [6, 6.07) is 5.45. The third-order valence-electron chi connectivity index (χ3n) is 4.30. The van der Waals surface area contributed by atoms with Crippen LogP contribution in [-0.4, -0.2) is 36.3 Å². The fourth-order valence-electron chi connectivity index (χ4n) is 3.34. The first kappa shape index (κ1) is 13.5. The predicted molar refractivity (Wildman–Crippen MR) is 71.5 cm³/mol. The molecule has 0 atom stereocenters. The van der Waals surface area contributed by atoms with Gasteiger partial charge in [0.05, 0.1) is 4.92 Å². The topological polar surface area (TPSA) is 107 Å². The summed E-state index contributed by atoms with van der Waals surface area (Å²) in [7, 11) is -3.88. The number of nitrogens with zero attached hydrogens (tertiary/aromatic N) is 2. The number of hydrogen-bond acceptors (Lipinski definition) is 5. The van der Waals surface area contributed by atoms with Gasteiger partial charge in [-0.15, -0.1) is 0 Å². The van der Waals surface area contributed by atoms with E-state index in [2.05, 4.69) is 0 Å². The van der Waals surface area contributed by atoms with Crippen molar-refractivity contribution in [2.24, 2.45) is 11.7 Å². The maximum Gasteiger partial charge on any atom is 0.289 e. The Kier molecular flexibility index (Phi) is 2.86. The Morgan fingerprint density at radius 3 is 2.65 bits per heavy atom. The maximum atomic E-state index is 12.7. The van der Waals surface area contributed by atoms with E-state index in [-0.39, 0.29) is 17.1 Å². The second-order valence-electron chi connectivity index (χ2n) is 5.46. The third kappa shape index (κ3) is 1.68. The molecule has 1 saturated carbocycles. The number of nitrogens with two attached hydrogens (primary N) is 1. The molecule has 4 rings (SSSR count). The van der Waals surface area contributed by atoms with Crippen molar-refractivity contribution in [3.05, 3.63) is 34.4 Å². The molecule has 0 spiro atoms. The van der Waals surface area contributed by atoms with Crippen LogP contribution in [0.3, 0.4) is 0 Å². The van der Waals surface area contributed by atoms with Gasteiger partial charge in [0.15, 0.2) is 4.90 Å². The highest BCUT2D eigenvalue weighted by atomic mass is 32.2. The molecule has 2 aliphatic heterocycles. The van der Waals surface area contributed by atoms with Crippen molar-refractivity contribution in [1.82, 2.24) is 4.31 Å². The first-order chi connectivity index (χ1) is 9.40. The molecule has 1 aromatic carbocycles. The Morgan fingerprint density at radius 2 is 2.05 bits per heavy atom. The molecule has 0 radical (unpaired) electrons. The van der Waals surface area contributed by atoms with E-state index < -0.39 is 20.5 Å². The largest absolute Gasteiger partial charge is 0.329 e. The molecule has 108 valence electrons. The molecule has 0 amide bonds. The minimum Gasteiger partial charge on any atom is -0.329 e. The first-order valence-corrected chi connectivity index (χ1v) is 7.81. The zero-order valence-corrected chi connectivity index (χ0v) is 11.5. The molecule has 1 aromatic rings. The van der Waals surface area contributed by atoms with Crippen LogP contribution in [0.25, 0.3) is 0 Å². The average Bonchev–Trinajstić information content (AvgIpc) is 2.94. The molecule has 2 bridgehead atoms. The summed E-state index contributed by atoms with van der Waals surface area (Å²) in [5, 5.41) is 11.0. The summed E-state index contributed by atoms with van der Waals surface area (Å²) in [6.45, 7) is 0.662. The minimum atomic E-state index is -3.88. The molecule has 2 saturated heterocycles. The van der Waals surface area contributed by atoms with Crippen LogP contribution in [0.4, 0.5) is 5.69 Å². The maximum absolute atomic E-state index is 12.7. The fraction of sp³-hybridized carbons (Fsp3) is 0.500. The lowest BCUT2D eigenvalue weighted by atomic mass is 9.74. The van der Waals surface area contributed by atoms with Crippen LogP contribution < -0.4 is 5.73 Å². The quantitative estimate of drug-likeness (QED) is 0.650. The van der Waals surface area contributed by atoms with Gasteiger partial charge in [0.1, 0.15) is 0 Å². The van der Waals surface area contributed by atoms with Crippen LogP contribution in [0.15, 0.2) is 29.2 Å². The van der Waals surface area contributed by atoms with Gasteiger partial charge in [-0.3, -0.25) is 10.1 Å². The first-order valence-electron chi connectivity index (χ1n) is 6.37.